The first-order chi connectivity index (χ1) is 12.0. The summed E-state index contributed by atoms with van der Waals surface area (Å²) >= 11 is 0. The van der Waals surface area contributed by atoms with Crippen molar-refractivity contribution < 1.29 is 30.1 Å². The first-order valence-electron chi connectivity index (χ1n) is 7.97. The Morgan fingerprint density at radius 1 is 1.40 bits per heavy atom. The molecule has 6 nitrogen and oxygen atoms in total. The van der Waals surface area contributed by atoms with Crippen LogP contribution < -0.4 is 4.74 Å². The molecule has 0 saturated carbocycles. The van der Waals surface area contributed by atoms with Crippen LogP contribution in [-0.2, 0) is 15.5 Å². The minimum Gasteiger partial charge on any atom is -0.508 e. The van der Waals surface area contributed by atoms with Crippen LogP contribution >= 0.6 is 0 Å². The zero-order chi connectivity index (χ0) is 18.0. The number of hydrogen-bond donors (Lipinski definition) is 3. The van der Waals surface area contributed by atoms with E-state index in [9.17, 15) is 10.2 Å². The van der Waals surface area contributed by atoms with Crippen molar-refractivity contribution in [3.05, 3.63) is 72.1 Å². The van der Waals surface area contributed by atoms with E-state index in [-0.39, 0.29) is 11.5 Å². The molecule has 0 fully saturated rings. The second kappa shape index (κ2) is 6.76. The van der Waals surface area contributed by atoms with Gasteiger partial charge in [-0.05, 0) is 36.3 Å². The standard InChI is InChI=1S/C19H20O6/c1-3-4-5-12(2)19(24-25-22)15-8-6-13(20)10-17(15)23-18-11-14(21)7-9-16(18)19/h4-11,15,17,20-22H,2-3H2,1H3/b5-4-. The van der Waals surface area contributed by atoms with Gasteiger partial charge in [-0.3, -0.25) is 0 Å². The van der Waals surface area contributed by atoms with Crippen molar-refractivity contribution >= 4 is 0 Å². The predicted molar refractivity (Wildman–Crippen MR) is 90.9 cm³/mol. The summed E-state index contributed by atoms with van der Waals surface area (Å²) in [4.78, 5) is 5.38. The molecular weight excluding hydrogens is 324 g/mol. The summed E-state index contributed by atoms with van der Waals surface area (Å²) in [6, 6.07) is 4.58. The van der Waals surface area contributed by atoms with Gasteiger partial charge in [-0.1, -0.05) is 36.8 Å². The molecule has 6 heteroatoms. The Bertz CT molecular complexity index is 763. The average Bonchev–Trinajstić information content (AvgIpc) is 2.58. The van der Waals surface area contributed by atoms with Gasteiger partial charge in [0.1, 0.15) is 23.4 Å². The number of phenols is 1. The van der Waals surface area contributed by atoms with Crippen LogP contribution in [0.2, 0.25) is 0 Å². The zero-order valence-corrected chi connectivity index (χ0v) is 13.8. The molecular formula is C19H20O6. The Hall–Kier alpha value is -2.54. The maximum absolute atomic E-state index is 9.82. The molecule has 0 spiro atoms. The number of benzene rings is 1. The normalized spacial score (nSPS) is 27.4. The Morgan fingerprint density at radius 2 is 2.20 bits per heavy atom. The molecule has 3 rings (SSSR count). The van der Waals surface area contributed by atoms with E-state index in [2.05, 4.69) is 11.6 Å². The van der Waals surface area contributed by atoms with Crippen molar-refractivity contribution in [2.24, 2.45) is 5.92 Å². The first kappa shape index (κ1) is 17.3. The molecule has 1 heterocycles. The summed E-state index contributed by atoms with van der Waals surface area (Å²) < 4.78 is 5.91. The van der Waals surface area contributed by atoms with Crippen LogP contribution in [0, 0.1) is 5.92 Å². The Morgan fingerprint density at radius 3 is 2.92 bits per heavy atom. The number of aliphatic hydroxyl groups is 1. The number of aromatic hydroxyl groups is 1. The van der Waals surface area contributed by atoms with E-state index < -0.39 is 17.6 Å². The molecule has 0 bridgehead atoms. The SMILES string of the molecule is C=C(/C=C\CC)C1(OOO)c2ccc(O)cc2OC2C=C(O)C=CC21. The lowest BCUT2D eigenvalue weighted by Crippen LogP contribution is -2.50. The number of rotatable bonds is 5. The molecule has 1 aliphatic carbocycles. The van der Waals surface area contributed by atoms with Gasteiger partial charge < -0.3 is 14.9 Å². The van der Waals surface area contributed by atoms with Crippen molar-refractivity contribution in [1.29, 1.82) is 0 Å². The lowest BCUT2D eigenvalue weighted by atomic mass is 9.70. The monoisotopic (exact) mass is 344 g/mol. The summed E-state index contributed by atoms with van der Waals surface area (Å²) in [6.07, 6.45) is 8.69. The van der Waals surface area contributed by atoms with E-state index in [0.717, 1.165) is 6.42 Å². The molecule has 1 aromatic carbocycles. The van der Waals surface area contributed by atoms with Gasteiger partial charge in [0.05, 0.1) is 5.92 Å². The number of phenolic OH excluding ortho intramolecular Hbond substituents is 1. The lowest BCUT2D eigenvalue weighted by Gasteiger charge is -2.46. The summed E-state index contributed by atoms with van der Waals surface area (Å²) in [6.45, 7) is 6.09. The second-order valence-corrected chi connectivity index (χ2v) is 5.97. The Balaban J connectivity index is 2.23. The van der Waals surface area contributed by atoms with Gasteiger partial charge >= 0.3 is 0 Å². The fraction of sp³-hybridized carbons (Fsp3) is 0.263. The van der Waals surface area contributed by atoms with Crippen LogP contribution in [0.1, 0.15) is 18.9 Å². The van der Waals surface area contributed by atoms with E-state index in [1.807, 2.05) is 13.0 Å². The van der Waals surface area contributed by atoms with Crippen LogP contribution in [-0.4, -0.2) is 21.6 Å². The van der Waals surface area contributed by atoms with Crippen molar-refractivity contribution in [2.45, 2.75) is 25.0 Å². The highest BCUT2D eigenvalue weighted by atomic mass is 17.5. The molecule has 1 aliphatic heterocycles. The number of hydrogen-bond acceptors (Lipinski definition) is 6. The summed E-state index contributed by atoms with van der Waals surface area (Å²) in [7, 11) is 0. The topological polar surface area (TPSA) is 88.4 Å². The minimum atomic E-state index is -1.29. The van der Waals surface area contributed by atoms with E-state index in [1.165, 1.54) is 24.3 Å². The Labute approximate surface area is 145 Å². The van der Waals surface area contributed by atoms with Crippen LogP contribution in [0.15, 0.2) is 66.5 Å². The molecule has 0 aromatic heterocycles. The van der Waals surface area contributed by atoms with Gasteiger partial charge in [-0.15, -0.1) is 0 Å². The smallest absolute Gasteiger partial charge is 0.170 e. The van der Waals surface area contributed by atoms with Gasteiger partial charge in [-0.25, -0.2) is 5.26 Å². The second-order valence-electron chi connectivity index (χ2n) is 5.97. The largest absolute Gasteiger partial charge is 0.508 e. The molecule has 3 unspecified atom stereocenters. The molecule has 132 valence electrons. The van der Waals surface area contributed by atoms with E-state index in [1.54, 1.807) is 18.2 Å². The summed E-state index contributed by atoms with van der Waals surface area (Å²) in [5.74, 6) is -0.0334. The van der Waals surface area contributed by atoms with E-state index in [0.29, 0.717) is 16.9 Å². The number of fused-ring (bicyclic) bond motifs is 2. The molecule has 0 amide bonds. The highest BCUT2D eigenvalue weighted by Crippen LogP contribution is 2.52. The summed E-state index contributed by atoms with van der Waals surface area (Å²) in [5, 5.41) is 32.9. The lowest BCUT2D eigenvalue weighted by molar-refractivity contribution is -0.529. The molecule has 0 saturated heterocycles. The Kier molecular flexibility index (Phi) is 4.67. The van der Waals surface area contributed by atoms with Crippen molar-refractivity contribution in [2.75, 3.05) is 0 Å². The van der Waals surface area contributed by atoms with Crippen LogP contribution in [0.4, 0.5) is 0 Å². The molecule has 3 atom stereocenters. The van der Waals surface area contributed by atoms with E-state index in [4.69, 9.17) is 14.9 Å². The van der Waals surface area contributed by atoms with Crippen LogP contribution in [0.3, 0.4) is 0 Å². The third-order valence-corrected chi connectivity index (χ3v) is 4.46. The van der Waals surface area contributed by atoms with E-state index >= 15 is 0 Å². The molecule has 25 heavy (non-hydrogen) atoms. The van der Waals surface area contributed by atoms with Crippen LogP contribution in [0.25, 0.3) is 0 Å². The molecule has 1 aromatic rings. The third kappa shape index (κ3) is 2.84. The predicted octanol–water partition coefficient (Wildman–Crippen LogP) is 3.92. The van der Waals surface area contributed by atoms with Crippen molar-refractivity contribution in [3.8, 4) is 11.5 Å². The summed E-state index contributed by atoms with van der Waals surface area (Å²) in [5.41, 5.74) is -0.209. The molecule has 2 aliphatic rings. The fourth-order valence-electron chi connectivity index (χ4n) is 3.34. The van der Waals surface area contributed by atoms with Crippen molar-refractivity contribution in [3.63, 3.8) is 0 Å². The first-order valence-corrected chi connectivity index (χ1v) is 7.97. The number of ether oxygens (including phenoxy) is 1. The molecule has 3 N–H and O–H groups in total. The van der Waals surface area contributed by atoms with Gasteiger partial charge in [-0.2, -0.15) is 4.89 Å². The van der Waals surface area contributed by atoms with Crippen molar-refractivity contribution in [1.82, 2.24) is 0 Å². The average molecular weight is 344 g/mol. The fourth-order valence-corrected chi connectivity index (χ4v) is 3.34. The number of aliphatic hydroxyl groups excluding tert-OH is 1. The molecule has 0 radical (unpaired) electrons. The van der Waals surface area contributed by atoms with Gasteiger partial charge in [0.25, 0.3) is 0 Å². The number of allylic oxidation sites excluding steroid dienone is 2. The minimum absolute atomic E-state index is 0.0188. The quantitative estimate of drug-likeness (QED) is 0.426. The highest BCUT2D eigenvalue weighted by molar-refractivity contribution is 5.53. The van der Waals surface area contributed by atoms with Gasteiger partial charge in [0.2, 0.25) is 0 Å². The van der Waals surface area contributed by atoms with Gasteiger partial charge in [0.15, 0.2) is 5.60 Å². The van der Waals surface area contributed by atoms with Crippen LogP contribution in [0.5, 0.6) is 11.5 Å². The third-order valence-electron chi connectivity index (χ3n) is 4.46. The van der Waals surface area contributed by atoms with Gasteiger partial charge in [0, 0.05) is 11.6 Å². The maximum Gasteiger partial charge on any atom is 0.170 e. The highest BCUT2D eigenvalue weighted by Gasteiger charge is 2.53. The maximum atomic E-state index is 9.82. The zero-order valence-electron chi connectivity index (χ0n) is 13.8.